The monoisotopic (exact) mass is 330 g/mol. The summed E-state index contributed by atoms with van der Waals surface area (Å²) in [7, 11) is 0. The molecule has 120 valence electrons. The molecule has 0 bridgehead atoms. The highest BCUT2D eigenvalue weighted by molar-refractivity contribution is 5.82. The van der Waals surface area contributed by atoms with Crippen LogP contribution in [0.2, 0.25) is 0 Å². The predicted molar refractivity (Wildman–Crippen MR) is 80.1 cm³/mol. The molecule has 0 unspecified atom stereocenters. The molecule has 2 N–H and O–H groups in total. The first-order valence-corrected chi connectivity index (χ1v) is 6.92. The number of rotatable bonds is 3. The van der Waals surface area contributed by atoms with Crippen LogP contribution >= 0.6 is 0 Å². The van der Waals surface area contributed by atoms with Gasteiger partial charge in [-0.15, -0.1) is 10.2 Å². The largest absolute Gasteiger partial charge is 0.451 e. The summed E-state index contributed by atoms with van der Waals surface area (Å²) in [5.41, 5.74) is 0.396. The summed E-state index contributed by atoms with van der Waals surface area (Å²) >= 11 is 0. The van der Waals surface area contributed by atoms with E-state index in [4.69, 9.17) is 4.74 Å². The van der Waals surface area contributed by atoms with Crippen molar-refractivity contribution in [3.63, 3.8) is 0 Å². The van der Waals surface area contributed by atoms with Gasteiger partial charge in [0.1, 0.15) is 17.9 Å². The van der Waals surface area contributed by atoms with Gasteiger partial charge in [-0.25, -0.2) is 13.2 Å². The third-order valence-corrected chi connectivity index (χ3v) is 3.53. The molecule has 0 aliphatic rings. The van der Waals surface area contributed by atoms with Crippen LogP contribution < -0.4 is 4.74 Å². The van der Waals surface area contributed by atoms with Gasteiger partial charge < -0.3 is 14.7 Å². The Hall–Kier alpha value is -3.29. The van der Waals surface area contributed by atoms with Gasteiger partial charge in [0.05, 0.1) is 11.1 Å². The van der Waals surface area contributed by atoms with E-state index in [9.17, 15) is 13.2 Å². The van der Waals surface area contributed by atoms with E-state index in [1.165, 1.54) is 30.7 Å². The minimum Gasteiger partial charge on any atom is -0.451 e. The molecule has 0 saturated heterocycles. The number of halogens is 3. The Balaban J connectivity index is 1.78. The van der Waals surface area contributed by atoms with Crippen molar-refractivity contribution in [1.29, 1.82) is 0 Å². The zero-order valence-electron chi connectivity index (χ0n) is 12.0. The first-order valence-electron chi connectivity index (χ1n) is 6.92. The summed E-state index contributed by atoms with van der Waals surface area (Å²) in [4.78, 5) is 5.38. The lowest BCUT2D eigenvalue weighted by Gasteiger charge is -2.10. The van der Waals surface area contributed by atoms with Crippen molar-refractivity contribution in [2.75, 3.05) is 0 Å². The Labute approximate surface area is 133 Å². The number of aromatic nitrogens is 4. The molecule has 0 aliphatic carbocycles. The molecular weight excluding hydrogens is 321 g/mol. The van der Waals surface area contributed by atoms with E-state index in [0.29, 0.717) is 5.52 Å². The topological polar surface area (TPSA) is 66.6 Å². The normalized spacial score (nSPS) is 11.1. The van der Waals surface area contributed by atoms with Crippen LogP contribution in [0.4, 0.5) is 13.2 Å². The first kappa shape index (κ1) is 14.3. The first-order chi connectivity index (χ1) is 11.6. The molecule has 0 atom stereocenters. The van der Waals surface area contributed by atoms with Gasteiger partial charge in [-0.05, 0) is 24.3 Å². The number of benzene rings is 2. The Kier molecular flexibility index (Phi) is 3.23. The molecule has 0 spiro atoms. The zero-order chi connectivity index (χ0) is 16.7. The van der Waals surface area contributed by atoms with E-state index in [-0.39, 0.29) is 22.5 Å². The fourth-order valence-electron chi connectivity index (χ4n) is 2.41. The number of hydrogen-bond donors (Lipinski definition) is 2. The van der Waals surface area contributed by atoms with Gasteiger partial charge in [0.25, 0.3) is 0 Å². The molecule has 24 heavy (non-hydrogen) atoms. The Morgan fingerprint density at radius 3 is 2.62 bits per heavy atom. The lowest BCUT2D eigenvalue weighted by Crippen LogP contribution is -1.95. The molecule has 0 fully saturated rings. The van der Waals surface area contributed by atoms with Gasteiger partial charge in [0.15, 0.2) is 23.2 Å². The van der Waals surface area contributed by atoms with Crippen molar-refractivity contribution in [2.24, 2.45) is 0 Å². The highest BCUT2D eigenvalue weighted by Crippen LogP contribution is 2.34. The van der Waals surface area contributed by atoms with E-state index >= 15 is 0 Å². The lowest BCUT2D eigenvalue weighted by atomic mass is 10.2. The summed E-state index contributed by atoms with van der Waals surface area (Å²) in [6, 6.07) is 6.29. The fourth-order valence-corrected chi connectivity index (χ4v) is 2.41. The number of nitrogens with one attached hydrogen (secondary N) is 2. The van der Waals surface area contributed by atoms with Crippen molar-refractivity contribution in [2.45, 2.75) is 0 Å². The summed E-state index contributed by atoms with van der Waals surface area (Å²) < 4.78 is 47.7. The molecule has 4 aromatic rings. The second-order valence-corrected chi connectivity index (χ2v) is 5.02. The molecule has 5 nitrogen and oxygen atoms in total. The van der Waals surface area contributed by atoms with E-state index in [1.807, 2.05) is 0 Å². The van der Waals surface area contributed by atoms with Gasteiger partial charge >= 0.3 is 0 Å². The fraction of sp³-hybridized carbons (Fsp3) is 0. The smallest absolute Gasteiger partial charge is 0.199 e. The van der Waals surface area contributed by atoms with Crippen LogP contribution in [0.25, 0.3) is 22.3 Å². The van der Waals surface area contributed by atoms with Crippen molar-refractivity contribution < 1.29 is 17.9 Å². The molecule has 0 saturated carbocycles. The predicted octanol–water partition coefficient (Wildman–Crippen LogP) is 4.16. The Morgan fingerprint density at radius 1 is 0.958 bits per heavy atom. The van der Waals surface area contributed by atoms with E-state index in [0.717, 1.165) is 12.1 Å². The van der Waals surface area contributed by atoms with Gasteiger partial charge in [-0.3, -0.25) is 0 Å². The third-order valence-electron chi connectivity index (χ3n) is 3.53. The molecular formula is C16H9F3N4O. The summed E-state index contributed by atoms with van der Waals surface area (Å²) in [5.74, 6) is -2.58. The maximum Gasteiger partial charge on any atom is 0.199 e. The lowest BCUT2D eigenvalue weighted by molar-refractivity contribution is 0.410. The standard InChI is InChI=1S/C16H9F3N4O/c17-11-2-1-8(5-10(11)16-21-7-22-23-16)24-15-12(18)6-13-9(14(15)19)3-4-20-13/h1-7,20H,(H,21,22,23). The average molecular weight is 330 g/mol. The minimum absolute atomic E-state index is 0.0653. The minimum atomic E-state index is -0.868. The molecule has 0 aliphatic heterocycles. The summed E-state index contributed by atoms with van der Waals surface area (Å²) in [6.45, 7) is 0. The molecule has 0 amide bonds. The summed E-state index contributed by atoms with van der Waals surface area (Å²) in [6.07, 6.45) is 2.79. The average Bonchev–Trinajstić information content (AvgIpc) is 3.24. The van der Waals surface area contributed by atoms with Crippen LogP contribution in [0.1, 0.15) is 0 Å². The molecule has 4 rings (SSSR count). The summed E-state index contributed by atoms with van der Waals surface area (Å²) in [5, 5.41) is 7.48. The number of ether oxygens (including phenoxy) is 1. The van der Waals surface area contributed by atoms with Gasteiger partial charge in [-0.1, -0.05) is 0 Å². The van der Waals surface area contributed by atoms with Crippen LogP contribution in [-0.4, -0.2) is 20.2 Å². The number of aromatic amines is 2. The third kappa shape index (κ3) is 2.28. The van der Waals surface area contributed by atoms with Gasteiger partial charge in [0, 0.05) is 17.6 Å². The van der Waals surface area contributed by atoms with Crippen molar-refractivity contribution in [3.05, 3.63) is 60.3 Å². The van der Waals surface area contributed by atoms with E-state index < -0.39 is 23.2 Å². The number of nitrogens with zero attached hydrogens (tertiary/aromatic N) is 2. The van der Waals surface area contributed by atoms with E-state index in [1.54, 1.807) is 0 Å². The van der Waals surface area contributed by atoms with Gasteiger partial charge in [0.2, 0.25) is 0 Å². The highest BCUT2D eigenvalue weighted by Gasteiger charge is 2.18. The van der Waals surface area contributed by atoms with Crippen LogP contribution in [-0.2, 0) is 0 Å². The van der Waals surface area contributed by atoms with Crippen molar-refractivity contribution in [1.82, 2.24) is 20.2 Å². The van der Waals surface area contributed by atoms with Crippen molar-refractivity contribution in [3.8, 4) is 22.9 Å². The molecule has 0 radical (unpaired) electrons. The second-order valence-electron chi connectivity index (χ2n) is 5.02. The molecule has 2 heterocycles. The SMILES string of the molecule is Fc1ccc(Oc2c(F)cc3[nH]ccc3c2F)cc1-c1nnc[nH]1. The number of hydrogen-bond acceptors (Lipinski definition) is 3. The van der Waals surface area contributed by atoms with Crippen LogP contribution in [0.3, 0.4) is 0 Å². The van der Waals surface area contributed by atoms with Crippen molar-refractivity contribution >= 4 is 10.9 Å². The van der Waals surface area contributed by atoms with Crippen LogP contribution in [0.15, 0.2) is 42.9 Å². The van der Waals surface area contributed by atoms with Crippen LogP contribution in [0, 0.1) is 17.5 Å². The Morgan fingerprint density at radius 2 is 1.83 bits per heavy atom. The van der Waals surface area contributed by atoms with Crippen LogP contribution in [0.5, 0.6) is 11.5 Å². The second kappa shape index (κ2) is 5.41. The maximum atomic E-state index is 14.4. The zero-order valence-corrected chi connectivity index (χ0v) is 12.0. The number of fused-ring (bicyclic) bond motifs is 1. The maximum absolute atomic E-state index is 14.4. The molecule has 2 aromatic heterocycles. The quantitative estimate of drug-likeness (QED) is 0.593. The molecule has 2 aromatic carbocycles. The van der Waals surface area contributed by atoms with Gasteiger partial charge in [-0.2, -0.15) is 0 Å². The highest BCUT2D eigenvalue weighted by atomic mass is 19.1. The molecule has 8 heteroatoms. The Bertz CT molecular complexity index is 1030. The van der Waals surface area contributed by atoms with E-state index in [2.05, 4.69) is 20.2 Å². The number of H-pyrrole nitrogens is 2.